The van der Waals surface area contributed by atoms with Gasteiger partial charge in [-0.2, -0.15) is 19.6 Å². The number of aromatic nitrogens is 4. The lowest BCUT2D eigenvalue weighted by molar-refractivity contribution is 0.298. The van der Waals surface area contributed by atoms with Gasteiger partial charge in [-0.3, -0.25) is 0 Å². The summed E-state index contributed by atoms with van der Waals surface area (Å²) < 4.78 is 2.38. The minimum atomic E-state index is 0.0181. The van der Waals surface area contributed by atoms with Gasteiger partial charge < -0.3 is 15.3 Å². The van der Waals surface area contributed by atoms with Crippen molar-refractivity contribution in [3.05, 3.63) is 40.0 Å². The zero-order valence-corrected chi connectivity index (χ0v) is 16.2. The highest BCUT2D eigenvalue weighted by molar-refractivity contribution is 9.10. The van der Waals surface area contributed by atoms with Crippen LogP contribution in [0, 0.1) is 0 Å². The number of aliphatic hydroxyl groups is 1. The molecule has 2 heterocycles. The monoisotopic (exact) mass is 424 g/mol. The molecule has 0 spiro atoms. The molecule has 0 saturated heterocycles. The highest BCUT2D eigenvalue weighted by atomic mass is 79.9. The van der Waals surface area contributed by atoms with Crippen molar-refractivity contribution < 1.29 is 5.11 Å². The largest absolute Gasteiger partial charge is 0.395 e. The first-order valence-electron chi connectivity index (χ1n) is 7.81. The van der Waals surface area contributed by atoms with Gasteiger partial charge in [0.15, 0.2) is 5.65 Å². The van der Waals surface area contributed by atoms with Crippen LogP contribution in [0.2, 0.25) is 5.02 Å². The molecule has 1 aromatic carbocycles. The van der Waals surface area contributed by atoms with Gasteiger partial charge in [-0.15, -0.1) is 0 Å². The van der Waals surface area contributed by atoms with Crippen LogP contribution in [0.15, 0.2) is 34.9 Å². The fraction of sp³-hybridized carbons (Fsp3) is 0.312. The van der Waals surface area contributed by atoms with Crippen LogP contribution in [0.4, 0.5) is 17.6 Å². The molecule has 132 valence electrons. The summed E-state index contributed by atoms with van der Waals surface area (Å²) in [7, 11) is 0. The molecule has 0 fully saturated rings. The molecule has 0 aliphatic rings. The topological polar surface area (TPSA) is 78.6 Å². The molecule has 0 bridgehead atoms. The molecule has 0 saturated carbocycles. The average molecular weight is 426 g/mol. The Morgan fingerprint density at radius 3 is 2.84 bits per heavy atom. The van der Waals surface area contributed by atoms with E-state index in [4.69, 9.17) is 11.6 Å². The van der Waals surface area contributed by atoms with Gasteiger partial charge in [0.1, 0.15) is 0 Å². The van der Waals surface area contributed by atoms with Crippen LogP contribution in [0.3, 0.4) is 0 Å². The second-order valence-electron chi connectivity index (χ2n) is 5.72. The summed E-state index contributed by atoms with van der Waals surface area (Å²) in [4.78, 5) is 11.1. The maximum Gasteiger partial charge on any atom is 0.233 e. The van der Waals surface area contributed by atoms with Gasteiger partial charge in [-0.1, -0.05) is 17.7 Å². The zero-order valence-electron chi connectivity index (χ0n) is 13.8. The minimum Gasteiger partial charge on any atom is -0.395 e. The van der Waals surface area contributed by atoms with Gasteiger partial charge >= 0.3 is 0 Å². The van der Waals surface area contributed by atoms with E-state index in [1.807, 2.05) is 36.9 Å². The van der Waals surface area contributed by atoms with Gasteiger partial charge in [0.2, 0.25) is 11.9 Å². The quantitative estimate of drug-likeness (QED) is 0.629. The molecule has 9 heteroatoms. The Bertz CT molecular complexity index is 884. The van der Waals surface area contributed by atoms with Crippen LogP contribution < -0.4 is 10.2 Å². The number of benzene rings is 1. The molecule has 25 heavy (non-hydrogen) atoms. The highest BCUT2D eigenvalue weighted by Crippen LogP contribution is 2.25. The normalized spacial score (nSPS) is 11.3. The lowest BCUT2D eigenvalue weighted by Gasteiger charge is -2.26. The minimum absolute atomic E-state index is 0.0181. The van der Waals surface area contributed by atoms with Crippen LogP contribution in [0.25, 0.3) is 5.65 Å². The Morgan fingerprint density at radius 1 is 1.36 bits per heavy atom. The fourth-order valence-corrected chi connectivity index (χ4v) is 2.98. The number of hydrogen-bond acceptors (Lipinski definition) is 6. The SMILES string of the molecule is CC(C)N(CCO)c1nc(Nc2cccc(Cl)c2)n2ncc(Br)c2n1. The standard InChI is InChI=1S/C16H18BrClN6O/c1-10(2)23(6-7-25)15-21-14-13(17)9-19-24(14)16(22-15)20-12-5-3-4-11(18)8-12/h3-5,8-10,25H,6-7H2,1-2H3,(H,20,21,22). The Labute approximate surface area is 158 Å². The van der Waals surface area contributed by atoms with Crippen LogP contribution in [-0.2, 0) is 0 Å². The third-order valence-electron chi connectivity index (χ3n) is 3.62. The second kappa shape index (κ2) is 7.55. The molecule has 0 amide bonds. The van der Waals surface area contributed by atoms with Gasteiger partial charge in [0.25, 0.3) is 0 Å². The van der Waals surface area contributed by atoms with Crippen molar-refractivity contribution in [3.63, 3.8) is 0 Å². The first-order valence-corrected chi connectivity index (χ1v) is 8.98. The van der Waals surface area contributed by atoms with Crippen molar-refractivity contribution >= 4 is 50.8 Å². The number of anilines is 3. The first-order chi connectivity index (χ1) is 12.0. The number of nitrogens with one attached hydrogen (secondary N) is 1. The van der Waals surface area contributed by atoms with Crippen molar-refractivity contribution in [2.45, 2.75) is 19.9 Å². The summed E-state index contributed by atoms with van der Waals surface area (Å²) in [6.07, 6.45) is 1.67. The number of fused-ring (bicyclic) bond motifs is 1. The number of aliphatic hydroxyl groups excluding tert-OH is 1. The van der Waals surface area contributed by atoms with Crippen LogP contribution >= 0.6 is 27.5 Å². The summed E-state index contributed by atoms with van der Waals surface area (Å²) in [6, 6.07) is 7.50. The van der Waals surface area contributed by atoms with Crippen LogP contribution in [0.5, 0.6) is 0 Å². The van der Waals surface area contributed by atoms with E-state index in [0.717, 1.165) is 10.2 Å². The third kappa shape index (κ3) is 3.86. The Morgan fingerprint density at radius 2 is 2.16 bits per heavy atom. The summed E-state index contributed by atoms with van der Waals surface area (Å²) in [5.74, 6) is 1.03. The van der Waals surface area contributed by atoms with Crippen molar-refractivity contribution in [3.8, 4) is 0 Å². The molecular formula is C16H18BrClN6O. The van der Waals surface area contributed by atoms with E-state index in [2.05, 4.69) is 36.3 Å². The highest BCUT2D eigenvalue weighted by Gasteiger charge is 2.18. The fourth-order valence-electron chi connectivity index (χ4n) is 2.44. The molecule has 0 atom stereocenters. The van der Waals surface area contributed by atoms with Crippen LogP contribution in [-0.4, -0.2) is 43.9 Å². The molecular weight excluding hydrogens is 408 g/mol. The van der Waals surface area contributed by atoms with Gasteiger partial charge in [0, 0.05) is 23.3 Å². The number of rotatable bonds is 6. The Balaban J connectivity index is 2.09. The van der Waals surface area contributed by atoms with E-state index in [9.17, 15) is 5.11 Å². The number of hydrogen-bond donors (Lipinski definition) is 2. The van der Waals surface area contributed by atoms with Crippen molar-refractivity contribution in [2.24, 2.45) is 0 Å². The van der Waals surface area contributed by atoms with E-state index in [0.29, 0.717) is 29.1 Å². The molecule has 0 unspecified atom stereocenters. The van der Waals surface area contributed by atoms with E-state index >= 15 is 0 Å². The molecule has 0 radical (unpaired) electrons. The molecule has 0 aliphatic carbocycles. The van der Waals surface area contributed by atoms with Crippen molar-refractivity contribution in [1.29, 1.82) is 0 Å². The van der Waals surface area contributed by atoms with E-state index in [1.165, 1.54) is 0 Å². The molecule has 7 nitrogen and oxygen atoms in total. The summed E-state index contributed by atoms with van der Waals surface area (Å²) in [5.41, 5.74) is 1.43. The smallest absolute Gasteiger partial charge is 0.233 e. The summed E-state index contributed by atoms with van der Waals surface area (Å²) in [5, 5.41) is 17.5. The number of halogens is 2. The second-order valence-corrected chi connectivity index (χ2v) is 7.01. The summed E-state index contributed by atoms with van der Waals surface area (Å²) >= 11 is 9.53. The van der Waals surface area contributed by atoms with E-state index in [1.54, 1.807) is 16.8 Å². The first kappa shape index (κ1) is 17.9. The molecule has 3 aromatic rings. The van der Waals surface area contributed by atoms with Gasteiger partial charge in [0.05, 0.1) is 17.3 Å². The van der Waals surface area contributed by atoms with Crippen molar-refractivity contribution in [2.75, 3.05) is 23.4 Å². The maximum absolute atomic E-state index is 9.36. The maximum atomic E-state index is 9.36. The molecule has 0 aliphatic heterocycles. The Hall–Kier alpha value is -1.90. The van der Waals surface area contributed by atoms with Crippen molar-refractivity contribution in [1.82, 2.24) is 19.6 Å². The van der Waals surface area contributed by atoms with E-state index < -0.39 is 0 Å². The van der Waals surface area contributed by atoms with Gasteiger partial charge in [-0.05, 0) is 48.0 Å². The lowest BCUT2D eigenvalue weighted by atomic mass is 10.3. The molecule has 2 aromatic heterocycles. The zero-order chi connectivity index (χ0) is 18.0. The van der Waals surface area contributed by atoms with Gasteiger partial charge in [-0.25, -0.2) is 0 Å². The molecule has 3 rings (SSSR count). The Kier molecular flexibility index (Phi) is 5.41. The average Bonchev–Trinajstić information content (AvgIpc) is 2.94. The predicted molar refractivity (Wildman–Crippen MR) is 103 cm³/mol. The summed E-state index contributed by atoms with van der Waals surface area (Å²) in [6.45, 7) is 4.51. The van der Waals surface area contributed by atoms with E-state index in [-0.39, 0.29) is 12.6 Å². The lowest BCUT2D eigenvalue weighted by Crippen LogP contribution is -2.35. The third-order valence-corrected chi connectivity index (χ3v) is 4.41. The number of nitrogens with zero attached hydrogens (tertiary/aromatic N) is 5. The van der Waals surface area contributed by atoms with Crippen LogP contribution in [0.1, 0.15) is 13.8 Å². The molecule has 2 N–H and O–H groups in total. The predicted octanol–water partition coefficient (Wildman–Crippen LogP) is 3.49.